The molecule has 6 heteroatoms. The Hall–Kier alpha value is -1.21. The van der Waals surface area contributed by atoms with E-state index in [0.29, 0.717) is 26.2 Å². The first-order valence-corrected chi connectivity index (χ1v) is 9.51. The highest BCUT2D eigenvalue weighted by atomic mass is 32.2. The fourth-order valence-corrected chi connectivity index (χ4v) is 4.97. The van der Waals surface area contributed by atoms with E-state index in [1.54, 1.807) is 8.61 Å². The molecule has 0 radical (unpaired) electrons. The van der Waals surface area contributed by atoms with E-state index >= 15 is 0 Å². The summed E-state index contributed by atoms with van der Waals surface area (Å²) in [6.45, 7) is 5.66. The van der Waals surface area contributed by atoms with Gasteiger partial charge in [-0.25, -0.2) is 0 Å². The van der Waals surface area contributed by atoms with Gasteiger partial charge in [0.25, 0.3) is 10.2 Å². The average molecular weight is 336 g/mol. The van der Waals surface area contributed by atoms with Crippen molar-refractivity contribution in [3.8, 4) is 0 Å². The lowest BCUT2D eigenvalue weighted by molar-refractivity contribution is -0.0454. The summed E-state index contributed by atoms with van der Waals surface area (Å²) in [5.41, 5.74) is 2.40. The minimum absolute atomic E-state index is 0.0614. The molecule has 0 N–H and O–H groups in total. The van der Waals surface area contributed by atoms with Gasteiger partial charge < -0.3 is 4.74 Å². The van der Waals surface area contributed by atoms with Gasteiger partial charge in [-0.3, -0.25) is 0 Å². The van der Waals surface area contributed by atoms with Gasteiger partial charge in [0.05, 0.1) is 12.2 Å². The molecular weight excluding hydrogens is 312 g/mol. The molecule has 0 saturated carbocycles. The standard InChI is InChI=1S/C17H24N2O3S/c1-14-12-19(13-15(2)22-14)23(20,21)18-10-8-17(9-11-18)16-6-4-3-5-7-16/h3-8,14-15H,9-13H2,1-2H3/t14-,15+. The van der Waals surface area contributed by atoms with Gasteiger partial charge in [0.15, 0.2) is 0 Å². The predicted molar refractivity (Wildman–Crippen MR) is 91.1 cm³/mol. The molecule has 0 amide bonds. The zero-order valence-electron chi connectivity index (χ0n) is 13.7. The molecule has 0 unspecified atom stereocenters. The SMILES string of the molecule is C[C@@H]1CN(S(=O)(=O)N2CC=C(c3ccccc3)CC2)C[C@H](C)O1. The Morgan fingerprint density at radius 1 is 1.04 bits per heavy atom. The van der Waals surface area contributed by atoms with Crippen molar-refractivity contribution >= 4 is 15.8 Å². The summed E-state index contributed by atoms with van der Waals surface area (Å²) in [7, 11) is -3.41. The van der Waals surface area contributed by atoms with Gasteiger partial charge in [-0.2, -0.15) is 17.0 Å². The summed E-state index contributed by atoms with van der Waals surface area (Å²) in [4.78, 5) is 0. The van der Waals surface area contributed by atoms with Crippen LogP contribution in [0.2, 0.25) is 0 Å². The van der Waals surface area contributed by atoms with Crippen molar-refractivity contribution in [2.45, 2.75) is 32.5 Å². The third kappa shape index (κ3) is 3.66. The summed E-state index contributed by atoms with van der Waals surface area (Å²) in [6, 6.07) is 10.2. The lowest BCUT2D eigenvalue weighted by atomic mass is 10.0. The van der Waals surface area contributed by atoms with Crippen LogP contribution in [0.4, 0.5) is 0 Å². The quantitative estimate of drug-likeness (QED) is 0.850. The highest BCUT2D eigenvalue weighted by Gasteiger charge is 2.35. The maximum absolute atomic E-state index is 12.8. The molecule has 0 bridgehead atoms. The van der Waals surface area contributed by atoms with Crippen LogP contribution in [-0.2, 0) is 14.9 Å². The molecule has 2 atom stereocenters. The Kier molecular flexibility index (Phi) is 4.87. The molecule has 1 saturated heterocycles. The van der Waals surface area contributed by atoms with E-state index in [9.17, 15) is 8.42 Å². The number of morpholine rings is 1. The Bertz CT molecular complexity index is 662. The number of rotatable bonds is 3. The molecule has 5 nitrogen and oxygen atoms in total. The maximum Gasteiger partial charge on any atom is 0.282 e. The molecule has 2 aliphatic rings. The van der Waals surface area contributed by atoms with Crippen molar-refractivity contribution in [1.82, 2.24) is 8.61 Å². The van der Waals surface area contributed by atoms with E-state index in [0.717, 1.165) is 6.42 Å². The summed E-state index contributed by atoms with van der Waals surface area (Å²) in [6.07, 6.45) is 2.66. The Labute approximate surface area is 138 Å². The third-order valence-corrected chi connectivity index (χ3v) is 6.29. The first-order valence-electron chi connectivity index (χ1n) is 8.12. The van der Waals surface area contributed by atoms with Crippen LogP contribution < -0.4 is 0 Å². The van der Waals surface area contributed by atoms with Crippen molar-refractivity contribution in [3.05, 3.63) is 42.0 Å². The largest absolute Gasteiger partial charge is 0.373 e. The molecular formula is C17H24N2O3S. The van der Waals surface area contributed by atoms with Gasteiger partial charge in [0.2, 0.25) is 0 Å². The van der Waals surface area contributed by atoms with Gasteiger partial charge in [0.1, 0.15) is 0 Å². The zero-order chi connectivity index (χ0) is 16.4. The van der Waals surface area contributed by atoms with Gasteiger partial charge in [0, 0.05) is 26.2 Å². The second kappa shape index (κ2) is 6.73. The van der Waals surface area contributed by atoms with Crippen molar-refractivity contribution < 1.29 is 13.2 Å². The van der Waals surface area contributed by atoms with Gasteiger partial charge in [-0.05, 0) is 31.4 Å². The Morgan fingerprint density at radius 2 is 1.70 bits per heavy atom. The average Bonchev–Trinajstić information content (AvgIpc) is 2.55. The van der Waals surface area contributed by atoms with Crippen LogP contribution in [0.25, 0.3) is 5.57 Å². The second-order valence-electron chi connectivity index (χ2n) is 6.29. The molecule has 0 aromatic heterocycles. The van der Waals surface area contributed by atoms with E-state index in [4.69, 9.17) is 4.74 Å². The summed E-state index contributed by atoms with van der Waals surface area (Å²) in [5.74, 6) is 0. The van der Waals surface area contributed by atoms with Crippen LogP contribution in [0.15, 0.2) is 36.4 Å². The van der Waals surface area contributed by atoms with Crippen LogP contribution in [-0.4, -0.2) is 55.4 Å². The number of nitrogens with zero attached hydrogens (tertiary/aromatic N) is 2. The topological polar surface area (TPSA) is 49.9 Å². The molecule has 0 spiro atoms. The van der Waals surface area contributed by atoms with E-state index in [-0.39, 0.29) is 12.2 Å². The van der Waals surface area contributed by atoms with Crippen LogP contribution in [0, 0.1) is 0 Å². The molecule has 2 heterocycles. The van der Waals surface area contributed by atoms with E-state index in [2.05, 4.69) is 12.1 Å². The molecule has 0 aliphatic carbocycles. The molecule has 1 aromatic rings. The van der Waals surface area contributed by atoms with Crippen LogP contribution in [0.3, 0.4) is 0 Å². The molecule has 2 aliphatic heterocycles. The highest BCUT2D eigenvalue weighted by molar-refractivity contribution is 7.86. The smallest absolute Gasteiger partial charge is 0.282 e. The number of benzene rings is 1. The summed E-state index contributed by atoms with van der Waals surface area (Å²) in [5, 5.41) is 0. The van der Waals surface area contributed by atoms with Gasteiger partial charge >= 0.3 is 0 Å². The van der Waals surface area contributed by atoms with Crippen LogP contribution >= 0.6 is 0 Å². The first kappa shape index (κ1) is 16.6. The Morgan fingerprint density at radius 3 is 2.26 bits per heavy atom. The van der Waals surface area contributed by atoms with Gasteiger partial charge in [-0.1, -0.05) is 36.4 Å². The molecule has 23 heavy (non-hydrogen) atoms. The van der Waals surface area contributed by atoms with Gasteiger partial charge in [-0.15, -0.1) is 0 Å². The maximum atomic E-state index is 12.8. The monoisotopic (exact) mass is 336 g/mol. The Balaban J connectivity index is 1.72. The minimum atomic E-state index is -3.41. The van der Waals surface area contributed by atoms with E-state index in [1.807, 2.05) is 38.1 Å². The predicted octanol–water partition coefficient (Wildman–Crippen LogP) is 2.13. The number of ether oxygens (including phenoxy) is 1. The lowest BCUT2D eigenvalue weighted by Gasteiger charge is -2.38. The van der Waals surface area contributed by atoms with Crippen molar-refractivity contribution in [3.63, 3.8) is 0 Å². The zero-order valence-corrected chi connectivity index (χ0v) is 14.5. The fourth-order valence-electron chi connectivity index (χ4n) is 3.26. The number of hydrogen-bond acceptors (Lipinski definition) is 3. The molecule has 3 rings (SSSR count). The normalized spacial score (nSPS) is 27.7. The molecule has 126 valence electrons. The highest BCUT2D eigenvalue weighted by Crippen LogP contribution is 2.25. The van der Waals surface area contributed by atoms with E-state index < -0.39 is 10.2 Å². The first-order chi connectivity index (χ1) is 11.0. The molecule has 1 aromatic carbocycles. The second-order valence-corrected chi connectivity index (χ2v) is 8.21. The van der Waals surface area contributed by atoms with Crippen LogP contribution in [0.1, 0.15) is 25.8 Å². The fraction of sp³-hybridized carbons (Fsp3) is 0.529. The van der Waals surface area contributed by atoms with Crippen molar-refractivity contribution in [1.29, 1.82) is 0 Å². The summed E-state index contributed by atoms with van der Waals surface area (Å²) < 4.78 is 34.5. The number of hydrogen-bond donors (Lipinski definition) is 0. The third-order valence-electron chi connectivity index (χ3n) is 4.36. The van der Waals surface area contributed by atoms with E-state index in [1.165, 1.54) is 11.1 Å². The lowest BCUT2D eigenvalue weighted by Crippen LogP contribution is -2.53. The van der Waals surface area contributed by atoms with Crippen molar-refractivity contribution in [2.75, 3.05) is 26.2 Å². The minimum Gasteiger partial charge on any atom is -0.373 e. The van der Waals surface area contributed by atoms with Crippen molar-refractivity contribution in [2.24, 2.45) is 0 Å². The summed E-state index contributed by atoms with van der Waals surface area (Å²) >= 11 is 0. The van der Waals surface area contributed by atoms with Crippen LogP contribution in [0.5, 0.6) is 0 Å². The molecule has 1 fully saturated rings.